The van der Waals surface area contributed by atoms with E-state index in [1.165, 1.54) is 0 Å². The number of carbonyl (C=O) groups is 1. The van der Waals surface area contributed by atoms with E-state index in [2.05, 4.69) is 13.8 Å². The highest BCUT2D eigenvalue weighted by Gasteiger charge is 2.40. The van der Waals surface area contributed by atoms with Crippen molar-refractivity contribution in [3.8, 4) is 0 Å². The average Bonchev–Trinajstić information content (AvgIpc) is 2.69. The van der Waals surface area contributed by atoms with Crippen LogP contribution in [0.1, 0.15) is 39.5 Å². The number of unbranched alkanes of at least 4 members (excludes halogenated alkanes) is 2. The zero-order valence-corrected chi connectivity index (χ0v) is 12.0. The molecular weight excluding hydrogens is 264 g/mol. The maximum Gasteiger partial charge on any atom is 0.378 e. The van der Waals surface area contributed by atoms with Gasteiger partial charge in [-0.15, -0.1) is 0 Å². The Morgan fingerprint density at radius 3 is 2.60 bits per heavy atom. The first-order valence-corrected chi connectivity index (χ1v) is 7.03. The minimum absolute atomic E-state index is 0.0830. The fraction of sp³-hybridized carbons (Fsp3) is 0.786. The van der Waals surface area contributed by atoms with Gasteiger partial charge in [-0.2, -0.15) is 0 Å². The topological polar surface area (TPSA) is 96.2 Å². The van der Waals surface area contributed by atoms with Gasteiger partial charge in [-0.05, 0) is 12.3 Å². The lowest BCUT2D eigenvalue weighted by Crippen LogP contribution is -2.32. The van der Waals surface area contributed by atoms with Crippen molar-refractivity contribution < 1.29 is 29.6 Å². The van der Waals surface area contributed by atoms with Crippen LogP contribution >= 0.6 is 0 Å². The maximum absolute atomic E-state index is 11.2. The quantitative estimate of drug-likeness (QED) is 0.437. The molecule has 3 N–H and O–H groups in total. The first-order chi connectivity index (χ1) is 9.47. The molecule has 6 nitrogen and oxygen atoms in total. The van der Waals surface area contributed by atoms with Crippen LogP contribution in [0.2, 0.25) is 0 Å². The molecular formula is C14H24O6. The molecule has 20 heavy (non-hydrogen) atoms. The molecule has 0 aromatic rings. The fourth-order valence-electron chi connectivity index (χ4n) is 1.97. The van der Waals surface area contributed by atoms with Crippen LogP contribution in [0, 0.1) is 5.92 Å². The standard InChI is InChI=1S/C14H24O6/c1-9(2)6-4-3-5-7-19-13-11(17)14(18)20-12(13)10(16)8-15/h9-10,12,15-17H,3-8H2,1-2H3/t10-,12+/m0/s1. The number of carbonyl (C=O) groups excluding carboxylic acids is 1. The molecule has 2 atom stereocenters. The van der Waals surface area contributed by atoms with E-state index < -0.39 is 30.5 Å². The SMILES string of the molecule is CC(C)CCCCCOC1=C(O)C(=O)O[C@@H]1[C@@H](O)CO. The number of cyclic esters (lactones) is 1. The summed E-state index contributed by atoms with van der Waals surface area (Å²) < 4.78 is 10.1. The molecule has 6 heteroatoms. The molecule has 0 aromatic heterocycles. The van der Waals surface area contributed by atoms with Gasteiger partial charge in [0.1, 0.15) is 6.10 Å². The molecule has 0 saturated carbocycles. The summed E-state index contributed by atoms with van der Waals surface area (Å²) in [5.74, 6) is -0.963. The van der Waals surface area contributed by atoms with Crippen LogP contribution in [0.5, 0.6) is 0 Å². The lowest BCUT2D eigenvalue weighted by atomic mass is 10.1. The number of aliphatic hydroxyl groups is 3. The molecule has 0 radical (unpaired) electrons. The molecule has 116 valence electrons. The highest BCUT2D eigenvalue weighted by molar-refractivity contribution is 5.89. The van der Waals surface area contributed by atoms with Crippen LogP contribution in [0.25, 0.3) is 0 Å². The van der Waals surface area contributed by atoms with Gasteiger partial charge in [-0.25, -0.2) is 4.79 Å². The Morgan fingerprint density at radius 1 is 1.30 bits per heavy atom. The van der Waals surface area contributed by atoms with Gasteiger partial charge in [-0.3, -0.25) is 0 Å². The first kappa shape index (κ1) is 16.8. The summed E-state index contributed by atoms with van der Waals surface area (Å²) >= 11 is 0. The van der Waals surface area contributed by atoms with Crippen LogP contribution in [0.3, 0.4) is 0 Å². The van der Waals surface area contributed by atoms with Crippen LogP contribution < -0.4 is 0 Å². The van der Waals surface area contributed by atoms with E-state index in [1.807, 2.05) is 0 Å². The Bertz CT molecular complexity index is 350. The van der Waals surface area contributed by atoms with Gasteiger partial charge < -0.3 is 24.8 Å². The van der Waals surface area contributed by atoms with E-state index in [0.717, 1.165) is 25.7 Å². The van der Waals surface area contributed by atoms with Crippen molar-refractivity contribution in [1.29, 1.82) is 0 Å². The van der Waals surface area contributed by atoms with Gasteiger partial charge in [0.2, 0.25) is 5.76 Å². The molecule has 1 heterocycles. The molecule has 0 bridgehead atoms. The second kappa shape index (κ2) is 8.11. The lowest BCUT2D eigenvalue weighted by molar-refractivity contribution is -0.148. The van der Waals surface area contributed by atoms with E-state index in [1.54, 1.807) is 0 Å². The minimum atomic E-state index is -1.29. The molecule has 0 unspecified atom stereocenters. The smallest absolute Gasteiger partial charge is 0.378 e. The molecule has 0 fully saturated rings. The molecule has 1 rings (SSSR count). The average molecular weight is 288 g/mol. The molecule has 0 spiro atoms. The number of rotatable bonds is 9. The zero-order chi connectivity index (χ0) is 15.1. The molecule has 1 aliphatic heterocycles. The van der Waals surface area contributed by atoms with E-state index in [0.29, 0.717) is 12.5 Å². The Labute approximate surface area is 119 Å². The van der Waals surface area contributed by atoms with Crippen molar-refractivity contribution in [2.45, 2.75) is 51.7 Å². The molecule has 0 aromatic carbocycles. The van der Waals surface area contributed by atoms with Gasteiger partial charge in [0.05, 0.1) is 13.2 Å². The van der Waals surface area contributed by atoms with E-state index in [4.69, 9.17) is 14.6 Å². The summed E-state index contributed by atoms with van der Waals surface area (Å²) in [7, 11) is 0. The molecule has 0 amide bonds. The van der Waals surface area contributed by atoms with Gasteiger partial charge >= 0.3 is 5.97 Å². The largest absolute Gasteiger partial charge is 0.499 e. The second-order valence-corrected chi connectivity index (χ2v) is 5.38. The second-order valence-electron chi connectivity index (χ2n) is 5.38. The maximum atomic E-state index is 11.2. The summed E-state index contributed by atoms with van der Waals surface area (Å²) in [5.41, 5.74) is 0. The summed E-state index contributed by atoms with van der Waals surface area (Å²) in [4.78, 5) is 11.2. The minimum Gasteiger partial charge on any atom is -0.499 e. The van der Waals surface area contributed by atoms with Crippen LogP contribution in [-0.4, -0.2) is 46.7 Å². The summed E-state index contributed by atoms with van der Waals surface area (Å²) in [6, 6.07) is 0. The predicted octanol–water partition coefficient (Wildman–Crippen LogP) is 1.27. The predicted molar refractivity (Wildman–Crippen MR) is 71.9 cm³/mol. The third-order valence-electron chi connectivity index (χ3n) is 3.14. The number of hydrogen-bond donors (Lipinski definition) is 3. The number of hydrogen-bond acceptors (Lipinski definition) is 6. The van der Waals surface area contributed by atoms with Crippen molar-refractivity contribution in [3.05, 3.63) is 11.5 Å². The van der Waals surface area contributed by atoms with Crippen molar-refractivity contribution in [2.75, 3.05) is 13.2 Å². The van der Waals surface area contributed by atoms with Crippen molar-refractivity contribution in [3.63, 3.8) is 0 Å². The normalized spacial score (nSPS) is 20.4. The summed E-state index contributed by atoms with van der Waals surface area (Å²) in [6.07, 6.45) is 1.63. The van der Waals surface area contributed by atoms with Gasteiger partial charge in [0, 0.05) is 0 Å². The highest BCUT2D eigenvalue weighted by Crippen LogP contribution is 2.25. The third-order valence-corrected chi connectivity index (χ3v) is 3.14. The van der Waals surface area contributed by atoms with E-state index >= 15 is 0 Å². The van der Waals surface area contributed by atoms with Crippen molar-refractivity contribution in [1.82, 2.24) is 0 Å². The van der Waals surface area contributed by atoms with Gasteiger partial charge in [0.15, 0.2) is 11.9 Å². The van der Waals surface area contributed by atoms with E-state index in [9.17, 15) is 15.0 Å². The highest BCUT2D eigenvalue weighted by atomic mass is 16.6. The number of ether oxygens (including phenoxy) is 2. The Balaban J connectivity index is 2.38. The van der Waals surface area contributed by atoms with Gasteiger partial charge in [0.25, 0.3) is 0 Å². The number of aliphatic hydroxyl groups excluding tert-OH is 3. The lowest BCUT2D eigenvalue weighted by Gasteiger charge is -2.18. The Hall–Kier alpha value is -1.27. The van der Waals surface area contributed by atoms with Crippen molar-refractivity contribution >= 4 is 5.97 Å². The van der Waals surface area contributed by atoms with Gasteiger partial charge in [-0.1, -0.05) is 33.1 Å². The molecule has 0 aliphatic carbocycles. The Kier molecular flexibility index (Phi) is 6.81. The van der Waals surface area contributed by atoms with Crippen LogP contribution in [-0.2, 0) is 14.3 Å². The summed E-state index contributed by atoms with van der Waals surface area (Å²) in [6.45, 7) is 4.10. The van der Waals surface area contributed by atoms with Crippen molar-refractivity contribution in [2.24, 2.45) is 5.92 Å². The monoisotopic (exact) mass is 288 g/mol. The first-order valence-electron chi connectivity index (χ1n) is 7.03. The summed E-state index contributed by atoms with van der Waals surface area (Å²) in [5, 5.41) is 27.9. The zero-order valence-electron chi connectivity index (χ0n) is 12.0. The third kappa shape index (κ3) is 4.68. The van der Waals surface area contributed by atoms with E-state index in [-0.39, 0.29) is 5.76 Å². The van der Waals surface area contributed by atoms with Crippen LogP contribution in [0.4, 0.5) is 0 Å². The Morgan fingerprint density at radius 2 is 2.00 bits per heavy atom. The van der Waals surface area contributed by atoms with Crippen LogP contribution in [0.15, 0.2) is 11.5 Å². The number of esters is 1. The molecule has 0 saturated heterocycles. The molecule has 1 aliphatic rings. The fourth-order valence-corrected chi connectivity index (χ4v) is 1.97.